The van der Waals surface area contributed by atoms with Gasteiger partial charge < -0.3 is 9.64 Å². The molecule has 0 aromatic carbocycles. The molecule has 33 heavy (non-hydrogen) atoms. The molecule has 0 aliphatic carbocycles. The van der Waals surface area contributed by atoms with E-state index >= 15 is 0 Å². The van der Waals surface area contributed by atoms with Gasteiger partial charge >= 0.3 is 0 Å². The minimum absolute atomic E-state index is 0.345. The molecule has 3 aromatic heterocycles. The fourth-order valence-corrected chi connectivity index (χ4v) is 6.55. The van der Waals surface area contributed by atoms with Gasteiger partial charge in [-0.15, -0.1) is 11.3 Å². The van der Waals surface area contributed by atoms with Crippen LogP contribution in [0.2, 0.25) is 0 Å². The van der Waals surface area contributed by atoms with Crippen molar-refractivity contribution in [3.8, 4) is 22.0 Å². The fourth-order valence-electron chi connectivity index (χ4n) is 5.46. The first kappa shape index (κ1) is 22.7. The molecular formula is C26H35N5OS. The molecule has 2 saturated heterocycles. The minimum atomic E-state index is 0.345. The number of pyridine rings is 1. The zero-order valence-corrected chi connectivity index (χ0v) is 21.0. The lowest BCUT2D eigenvalue weighted by molar-refractivity contribution is 0.0253. The van der Waals surface area contributed by atoms with E-state index in [0.29, 0.717) is 17.9 Å². The Morgan fingerprint density at radius 2 is 1.76 bits per heavy atom. The van der Waals surface area contributed by atoms with Crippen LogP contribution >= 0.6 is 11.3 Å². The summed E-state index contributed by atoms with van der Waals surface area (Å²) in [7, 11) is 0. The summed E-state index contributed by atoms with van der Waals surface area (Å²) in [6, 6.07) is 4.96. The van der Waals surface area contributed by atoms with Crippen LogP contribution in [-0.4, -0.2) is 57.4 Å². The van der Waals surface area contributed by atoms with Gasteiger partial charge in [0.15, 0.2) is 0 Å². The molecule has 0 radical (unpaired) electrons. The Bertz CT molecular complexity index is 1070. The summed E-state index contributed by atoms with van der Waals surface area (Å²) in [5, 5.41) is 9.14. The van der Waals surface area contributed by atoms with Gasteiger partial charge in [-0.05, 0) is 76.6 Å². The van der Waals surface area contributed by atoms with Gasteiger partial charge in [-0.1, -0.05) is 13.8 Å². The van der Waals surface area contributed by atoms with E-state index in [2.05, 4.69) is 47.2 Å². The van der Waals surface area contributed by atoms with E-state index in [0.717, 1.165) is 46.6 Å². The fraction of sp³-hybridized carbons (Fsp3) is 0.577. The van der Waals surface area contributed by atoms with Gasteiger partial charge in [-0.3, -0.25) is 10.1 Å². The number of hydrogen-bond donors (Lipinski definition) is 1. The summed E-state index contributed by atoms with van der Waals surface area (Å²) in [5.74, 6) is 0.959. The van der Waals surface area contributed by atoms with E-state index in [1.807, 2.05) is 25.2 Å². The van der Waals surface area contributed by atoms with Gasteiger partial charge in [-0.2, -0.15) is 5.10 Å². The predicted octanol–water partition coefficient (Wildman–Crippen LogP) is 5.69. The lowest BCUT2D eigenvalue weighted by atomic mass is 9.93. The van der Waals surface area contributed by atoms with E-state index in [4.69, 9.17) is 14.8 Å². The first-order valence-electron chi connectivity index (χ1n) is 12.3. The van der Waals surface area contributed by atoms with E-state index < -0.39 is 0 Å². The SMILES string of the molecule is Cc1cc(-c2n[nH]c(-c3ncc(C4CCN(C5CCOCC5)CC4)s3)c2C(C)C)cc(C)n1. The van der Waals surface area contributed by atoms with Crippen molar-refractivity contribution in [3.63, 3.8) is 0 Å². The average Bonchev–Trinajstić information content (AvgIpc) is 3.47. The Balaban J connectivity index is 1.35. The summed E-state index contributed by atoms with van der Waals surface area (Å²) in [5.41, 5.74) is 6.51. The molecule has 0 saturated carbocycles. The van der Waals surface area contributed by atoms with Gasteiger partial charge in [0.1, 0.15) is 5.01 Å². The maximum atomic E-state index is 5.55. The molecule has 0 bridgehead atoms. The summed E-state index contributed by atoms with van der Waals surface area (Å²) in [6.07, 6.45) is 6.93. The zero-order valence-electron chi connectivity index (χ0n) is 20.2. The topological polar surface area (TPSA) is 66.9 Å². The van der Waals surface area contributed by atoms with E-state index in [1.165, 1.54) is 49.2 Å². The number of aromatic amines is 1. The van der Waals surface area contributed by atoms with Crippen molar-refractivity contribution in [2.45, 2.75) is 71.3 Å². The van der Waals surface area contributed by atoms with Crippen molar-refractivity contribution in [1.29, 1.82) is 0 Å². The highest BCUT2D eigenvalue weighted by Gasteiger charge is 2.29. The molecule has 0 unspecified atom stereocenters. The minimum Gasteiger partial charge on any atom is -0.381 e. The van der Waals surface area contributed by atoms with Crippen LogP contribution in [-0.2, 0) is 4.74 Å². The van der Waals surface area contributed by atoms with Crippen molar-refractivity contribution in [3.05, 3.63) is 40.2 Å². The molecule has 2 fully saturated rings. The zero-order chi connectivity index (χ0) is 22.9. The number of aromatic nitrogens is 4. The van der Waals surface area contributed by atoms with Crippen molar-refractivity contribution in [1.82, 2.24) is 25.1 Å². The molecule has 0 spiro atoms. The summed E-state index contributed by atoms with van der Waals surface area (Å²) < 4.78 is 5.55. The van der Waals surface area contributed by atoms with Crippen molar-refractivity contribution < 1.29 is 4.74 Å². The van der Waals surface area contributed by atoms with Crippen LogP contribution in [0.3, 0.4) is 0 Å². The maximum Gasteiger partial charge on any atom is 0.141 e. The van der Waals surface area contributed by atoms with Crippen molar-refractivity contribution in [2.24, 2.45) is 0 Å². The number of piperidine rings is 1. The number of nitrogens with one attached hydrogen (secondary N) is 1. The largest absolute Gasteiger partial charge is 0.381 e. The first-order chi connectivity index (χ1) is 16.0. The lowest BCUT2D eigenvalue weighted by Crippen LogP contribution is -2.43. The van der Waals surface area contributed by atoms with Crippen LogP contribution in [0.1, 0.15) is 73.2 Å². The smallest absolute Gasteiger partial charge is 0.141 e. The third-order valence-electron chi connectivity index (χ3n) is 7.11. The highest BCUT2D eigenvalue weighted by Crippen LogP contribution is 2.40. The molecule has 0 atom stereocenters. The van der Waals surface area contributed by atoms with Gasteiger partial charge in [0.05, 0.1) is 11.4 Å². The Hall–Kier alpha value is -2.09. The van der Waals surface area contributed by atoms with E-state index in [9.17, 15) is 0 Å². The van der Waals surface area contributed by atoms with Crippen LogP contribution in [0.5, 0.6) is 0 Å². The van der Waals surface area contributed by atoms with Crippen molar-refractivity contribution in [2.75, 3.05) is 26.3 Å². The van der Waals surface area contributed by atoms with E-state index in [1.54, 1.807) is 0 Å². The van der Waals surface area contributed by atoms with Crippen molar-refractivity contribution >= 4 is 11.3 Å². The summed E-state index contributed by atoms with van der Waals surface area (Å²) >= 11 is 1.84. The molecule has 7 heteroatoms. The quantitative estimate of drug-likeness (QED) is 0.524. The molecular weight excluding hydrogens is 430 g/mol. The third-order valence-corrected chi connectivity index (χ3v) is 8.29. The Labute approximate surface area is 200 Å². The monoisotopic (exact) mass is 465 g/mol. The highest BCUT2D eigenvalue weighted by molar-refractivity contribution is 7.15. The number of hydrogen-bond acceptors (Lipinski definition) is 6. The normalized spacial score (nSPS) is 18.9. The molecule has 176 valence electrons. The third kappa shape index (κ3) is 4.77. The molecule has 1 N–H and O–H groups in total. The predicted molar refractivity (Wildman–Crippen MR) is 134 cm³/mol. The number of rotatable bonds is 5. The van der Waals surface area contributed by atoms with Gasteiger partial charge in [0, 0.05) is 52.8 Å². The van der Waals surface area contributed by atoms with Crippen LogP contribution in [0.25, 0.3) is 22.0 Å². The Morgan fingerprint density at radius 3 is 2.42 bits per heavy atom. The molecule has 2 aliphatic rings. The second-order valence-electron chi connectivity index (χ2n) is 9.88. The molecule has 2 aliphatic heterocycles. The summed E-state index contributed by atoms with van der Waals surface area (Å²) in [4.78, 5) is 13.5. The van der Waals surface area contributed by atoms with E-state index in [-0.39, 0.29) is 0 Å². The van der Waals surface area contributed by atoms with Gasteiger partial charge in [0.25, 0.3) is 0 Å². The van der Waals surface area contributed by atoms with Gasteiger partial charge in [0.2, 0.25) is 0 Å². The number of aryl methyl sites for hydroxylation is 2. The average molecular weight is 466 g/mol. The molecule has 6 nitrogen and oxygen atoms in total. The van der Waals surface area contributed by atoms with Crippen LogP contribution < -0.4 is 0 Å². The highest BCUT2D eigenvalue weighted by atomic mass is 32.1. The Kier molecular flexibility index (Phi) is 6.63. The summed E-state index contributed by atoms with van der Waals surface area (Å²) in [6.45, 7) is 12.8. The number of likely N-dealkylation sites (tertiary alicyclic amines) is 1. The van der Waals surface area contributed by atoms with Crippen LogP contribution in [0.15, 0.2) is 18.3 Å². The maximum absolute atomic E-state index is 5.55. The number of H-pyrrole nitrogens is 1. The second kappa shape index (κ2) is 9.65. The molecule has 3 aromatic rings. The number of ether oxygens (including phenoxy) is 1. The van der Waals surface area contributed by atoms with Gasteiger partial charge in [-0.25, -0.2) is 4.98 Å². The molecule has 5 rings (SSSR count). The number of thiazole rings is 1. The lowest BCUT2D eigenvalue weighted by Gasteiger charge is -2.39. The second-order valence-corrected chi connectivity index (χ2v) is 10.9. The molecule has 5 heterocycles. The number of nitrogens with zero attached hydrogens (tertiary/aromatic N) is 4. The molecule has 0 amide bonds. The van der Waals surface area contributed by atoms with Crippen LogP contribution in [0.4, 0.5) is 0 Å². The van der Waals surface area contributed by atoms with Crippen LogP contribution in [0, 0.1) is 13.8 Å². The first-order valence-corrected chi connectivity index (χ1v) is 13.1. The Morgan fingerprint density at radius 1 is 1.06 bits per heavy atom. The standard InChI is InChI=1S/C26H35N5OS/c1-16(2)23-24(20-13-17(3)28-18(4)14-20)29-30-25(23)26-27-15-22(33-26)19-5-9-31(10-6-19)21-7-11-32-12-8-21/h13-16,19,21H,5-12H2,1-4H3,(H,29,30).